The first-order valence-electron chi connectivity index (χ1n) is 2.04. The number of nitrogens with zero attached hydrogens (tertiary/aromatic N) is 3. The highest BCUT2D eigenvalue weighted by Crippen LogP contribution is 1.95. The second-order valence-electron chi connectivity index (χ2n) is 1.14. The predicted molar refractivity (Wildman–Crippen MR) is 31.5 cm³/mol. The largest absolute Gasteiger partial charge is 0.260 e. The van der Waals surface area contributed by atoms with E-state index >= 15 is 0 Å². The van der Waals surface area contributed by atoms with Crippen LogP contribution in [0.15, 0.2) is 22.8 Å². The molecule has 3 nitrogen and oxygen atoms in total. The van der Waals surface area contributed by atoms with Gasteiger partial charge in [-0.3, -0.25) is 0 Å². The summed E-state index contributed by atoms with van der Waals surface area (Å²) in [6, 6.07) is 1.71. The summed E-state index contributed by atoms with van der Waals surface area (Å²) in [5.41, 5.74) is 0. The fraction of sp³-hybridized carbons (Fsp3) is 0. The van der Waals surface area contributed by atoms with Gasteiger partial charge in [-0.15, -0.1) is 4.36 Å². The minimum Gasteiger partial charge on any atom is -0.219 e. The quantitative estimate of drug-likeness (QED) is 0.558. The van der Waals surface area contributed by atoms with E-state index in [1.165, 1.54) is 0 Å². The van der Waals surface area contributed by atoms with Crippen molar-refractivity contribution in [2.75, 3.05) is 0 Å². The molecule has 4 heteroatoms. The fourth-order valence-electron chi connectivity index (χ4n) is 0.338. The summed E-state index contributed by atoms with van der Waals surface area (Å²) >= 11 is 4.32. The van der Waals surface area contributed by atoms with Crippen LogP contribution in [0.2, 0.25) is 0 Å². The van der Waals surface area contributed by atoms with Gasteiger partial charge in [0.25, 0.3) is 5.95 Å². The van der Waals surface area contributed by atoms with Crippen LogP contribution in [0.4, 0.5) is 5.95 Å². The summed E-state index contributed by atoms with van der Waals surface area (Å²) in [6.45, 7) is 0. The maximum Gasteiger partial charge on any atom is 0.260 e. The molecule has 0 spiro atoms. The summed E-state index contributed by atoms with van der Waals surface area (Å²) in [7, 11) is 0. The van der Waals surface area contributed by atoms with Gasteiger partial charge in [-0.2, -0.15) is 0 Å². The van der Waals surface area contributed by atoms with E-state index in [0.29, 0.717) is 5.95 Å². The molecule has 8 heavy (non-hydrogen) atoms. The summed E-state index contributed by atoms with van der Waals surface area (Å²) in [5, 5.41) is 0. The molecule has 0 aliphatic rings. The Hall–Kier alpha value is -0.900. The number of hydrogen-bond donors (Lipinski definition) is 0. The topological polar surface area (TPSA) is 38.1 Å². The lowest BCUT2D eigenvalue weighted by atomic mass is 10.7. The highest BCUT2D eigenvalue weighted by atomic mass is 32.1. The fourth-order valence-corrected chi connectivity index (χ4v) is 0.433. The first-order valence-corrected chi connectivity index (χ1v) is 2.40. The molecule has 1 aromatic rings. The van der Waals surface area contributed by atoms with E-state index in [9.17, 15) is 0 Å². The van der Waals surface area contributed by atoms with Crippen LogP contribution in [0.25, 0.3) is 0 Å². The van der Waals surface area contributed by atoms with Crippen molar-refractivity contribution in [3.63, 3.8) is 0 Å². The third-order valence-electron chi connectivity index (χ3n) is 0.634. The van der Waals surface area contributed by atoms with Gasteiger partial charge in [0, 0.05) is 24.8 Å². The molecule has 0 saturated carbocycles. The van der Waals surface area contributed by atoms with Crippen molar-refractivity contribution in [3.05, 3.63) is 18.5 Å². The smallest absolute Gasteiger partial charge is 0.219 e. The van der Waals surface area contributed by atoms with Crippen molar-refractivity contribution >= 4 is 18.4 Å². The second kappa shape index (κ2) is 2.42. The minimum atomic E-state index is 0.350. The highest BCUT2D eigenvalue weighted by molar-refractivity contribution is 7.47. The first kappa shape index (κ1) is 5.24. The molecule has 1 heterocycles. The van der Waals surface area contributed by atoms with E-state index in [-0.39, 0.29) is 0 Å². The van der Waals surface area contributed by atoms with E-state index < -0.39 is 0 Å². The molecule has 0 aliphatic carbocycles. The normalized spacial score (nSPS) is 8.50. The van der Waals surface area contributed by atoms with Crippen molar-refractivity contribution in [3.8, 4) is 0 Å². The van der Waals surface area contributed by atoms with Crippen molar-refractivity contribution in [2.45, 2.75) is 0 Å². The molecule has 0 unspecified atom stereocenters. The lowest BCUT2D eigenvalue weighted by Crippen LogP contribution is -1.73. The number of rotatable bonds is 1. The van der Waals surface area contributed by atoms with E-state index in [4.69, 9.17) is 0 Å². The first-order chi connectivity index (χ1) is 3.93. The lowest BCUT2D eigenvalue weighted by molar-refractivity contribution is 1.15. The third-order valence-corrected chi connectivity index (χ3v) is 0.797. The maximum atomic E-state index is 4.32. The van der Waals surface area contributed by atoms with Crippen LogP contribution < -0.4 is 0 Å². The predicted octanol–water partition coefficient (Wildman–Crippen LogP) is 0.839. The van der Waals surface area contributed by atoms with Gasteiger partial charge < -0.3 is 0 Å². The monoisotopic (exact) mass is 125 g/mol. The zero-order valence-electron chi connectivity index (χ0n) is 3.98. The van der Waals surface area contributed by atoms with Crippen LogP contribution in [0.1, 0.15) is 0 Å². The Balaban J connectivity index is 2.99. The second-order valence-corrected chi connectivity index (χ2v) is 1.32. The number of aromatic nitrogens is 2. The van der Waals surface area contributed by atoms with Gasteiger partial charge in [-0.05, 0) is 6.07 Å². The maximum absolute atomic E-state index is 4.32. The molecule has 0 radical (unpaired) electrons. The van der Waals surface area contributed by atoms with E-state index in [2.05, 4.69) is 26.8 Å². The van der Waals surface area contributed by atoms with E-state index in [0.717, 1.165) is 0 Å². The van der Waals surface area contributed by atoms with Crippen molar-refractivity contribution < 1.29 is 0 Å². The van der Waals surface area contributed by atoms with Gasteiger partial charge in [0.15, 0.2) is 0 Å². The van der Waals surface area contributed by atoms with Gasteiger partial charge >= 0.3 is 0 Å². The summed E-state index contributed by atoms with van der Waals surface area (Å²) < 4.78 is 3.33. The Kier molecular flexibility index (Phi) is 1.58. The van der Waals surface area contributed by atoms with Gasteiger partial charge in [-0.25, -0.2) is 9.97 Å². The van der Waals surface area contributed by atoms with Gasteiger partial charge in [0.1, 0.15) is 0 Å². The van der Waals surface area contributed by atoms with Crippen LogP contribution in [0.3, 0.4) is 0 Å². The minimum absolute atomic E-state index is 0.350. The average molecular weight is 125 g/mol. The molecule has 1 rings (SSSR count). The zero-order chi connectivity index (χ0) is 5.82. The lowest BCUT2D eigenvalue weighted by Gasteiger charge is -1.81. The van der Waals surface area contributed by atoms with Crippen molar-refractivity contribution in [1.82, 2.24) is 9.97 Å². The average Bonchev–Trinajstić information content (AvgIpc) is 1.90. The molecule has 0 amide bonds. The molecule has 0 aliphatic heterocycles. The summed E-state index contributed by atoms with van der Waals surface area (Å²) in [4.78, 5) is 7.43. The molecule has 0 saturated heterocycles. The van der Waals surface area contributed by atoms with Crippen LogP contribution >= 0.6 is 0 Å². The molecule has 0 N–H and O–H groups in total. The molecular weight excluding hydrogens is 122 g/mol. The van der Waals surface area contributed by atoms with E-state index in [1.54, 1.807) is 18.5 Å². The van der Waals surface area contributed by atoms with Crippen LogP contribution in [0, 0.1) is 0 Å². The molecule has 40 valence electrons. The van der Waals surface area contributed by atoms with E-state index in [1.807, 2.05) is 0 Å². The number of hydrogen-bond acceptors (Lipinski definition) is 4. The standard InChI is InChI=1S/C4H3N3S/c8-7-4-5-2-1-3-6-4/h1-3H. The Labute approximate surface area is 52.0 Å². The van der Waals surface area contributed by atoms with Gasteiger partial charge in [0.2, 0.25) is 0 Å². The zero-order valence-corrected chi connectivity index (χ0v) is 4.80. The Morgan fingerprint density at radius 1 is 1.38 bits per heavy atom. The Bertz CT molecular complexity index is 174. The van der Waals surface area contributed by atoms with Crippen LogP contribution in [-0.2, 0) is 12.4 Å². The summed E-state index contributed by atoms with van der Waals surface area (Å²) in [5.74, 6) is 0.350. The van der Waals surface area contributed by atoms with Crippen molar-refractivity contribution in [2.24, 2.45) is 4.36 Å². The molecule has 0 fully saturated rings. The van der Waals surface area contributed by atoms with Gasteiger partial charge in [0.05, 0.1) is 0 Å². The SMILES string of the molecule is S=Nc1ncccn1. The molecular formula is C4H3N3S. The molecule has 1 aromatic heterocycles. The Morgan fingerprint density at radius 3 is 2.38 bits per heavy atom. The third kappa shape index (κ3) is 1.04. The summed E-state index contributed by atoms with van der Waals surface area (Å²) in [6.07, 6.45) is 3.19. The van der Waals surface area contributed by atoms with Crippen molar-refractivity contribution in [1.29, 1.82) is 0 Å². The molecule has 0 bridgehead atoms. The Morgan fingerprint density at radius 2 is 2.00 bits per heavy atom. The highest BCUT2D eigenvalue weighted by Gasteiger charge is 1.82. The molecule has 0 aromatic carbocycles. The van der Waals surface area contributed by atoms with Crippen LogP contribution in [0.5, 0.6) is 0 Å². The van der Waals surface area contributed by atoms with Gasteiger partial charge in [-0.1, -0.05) is 0 Å². The van der Waals surface area contributed by atoms with Crippen LogP contribution in [-0.4, -0.2) is 9.97 Å². The molecule has 0 atom stereocenters.